The predicted molar refractivity (Wildman–Crippen MR) is 310 cm³/mol. The van der Waals surface area contributed by atoms with Gasteiger partial charge in [-0.1, -0.05) is 129 Å². The van der Waals surface area contributed by atoms with Gasteiger partial charge in [-0.2, -0.15) is 13.2 Å². The summed E-state index contributed by atoms with van der Waals surface area (Å²) in [6, 6.07) is 27.3. The Labute approximate surface area is 496 Å². The van der Waals surface area contributed by atoms with Crippen LogP contribution in [0.5, 0.6) is 0 Å². The second-order valence-electron chi connectivity index (χ2n) is 24.1. The molecule has 4 aliphatic rings. The molecule has 0 radical (unpaired) electrons. The maximum Gasteiger partial charge on any atom is 0.416 e. The van der Waals surface area contributed by atoms with Gasteiger partial charge in [0.05, 0.1) is 53.1 Å². The maximum atomic E-state index is 13.8. The first-order valence-corrected chi connectivity index (χ1v) is 29.1. The molecule has 85 heavy (non-hydrogen) atoms. The lowest BCUT2D eigenvalue weighted by Gasteiger charge is -2.52. The molecule has 4 aromatic carbocycles. The number of hydrogen-bond acceptors (Lipinski definition) is 14. The largest absolute Gasteiger partial charge is 0.427 e. The lowest BCUT2D eigenvalue weighted by Crippen LogP contribution is -2.65. The van der Waals surface area contributed by atoms with E-state index in [4.69, 9.17) is 39.9 Å². The molecule has 4 heterocycles. The molecule has 4 saturated heterocycles. The second kappa shape index (κ2) is 27.5. The van der Waals surface area contributed by atoms with E-state index in [0.717, 1.165) is 39.9 Å². The van der Waals surface area contributed by atoms with Crippen molar-refractivity contribution in [3.05, 3.63) is 142 Å². The lowest BCUT2D eigenvalue weighted by molar-refractivity contribution is -0.157. The highest BCUT2D eigenvalue weighted by Gasteiger charge is 2.56. The quantitative estimate of drug-likeness (QED) is 0.0536. The summed E-state index contributed by atoms with van der Waals surface area (Å²) < 4.78 is 74.8. The minimum absolute atomic E-state index is 0.0261. The van der Waals surface area contributed by atoms with E-state index in [1.54, 1.807) is 38.7 Å². The van der Waals surface area contributed by atoms with E-state index in [9.17, 15) is 41.9 Å². The summed E-state index contributed by atoms with van der Waals surface area (Å²) in [5.74, 6) is -1.79. The first kappa shape index (κ1) is 65.5. The summed E-state index contributed by atoms with van der Waals surface area (Å²) in [6.07, 6.45) is -2.98. The van der Waals surface area contributed by atoms with Gasteiger partial charge in [-0.05, 0) is 119 Å². The molecule has 18 nitrogen and oxygen atoms in total. The number of nitrogens with one attached hydrogen (secondary N) is 2. The summed E-state index contributed by atoms with van der Waals surface area (Å²) in [6.45, 7) is 15.8. The number of piperidine rings is 2. The number of nitrogens with zero attached hydrogens (tertiary/aromatic N) is 2. The zero-order chi connectivity index (χ0) is 62.1. The molecule has 4 aromatic rings. The Bertz CT molecular complexity index is 2990. The van der Waals surface area contributed by atoms with Crippen LogP contribution in [0.25, 0.3) is 0 Å². The average molecular weight is 1190 g/mol. The van der Waals surface area contributed by atoms with E-state index in [1.807, 2.05) is 81.4 Å². The molecule has 2 spiro atoms. The highest BCUT2D eigenvalue weighted by atomic mass is 19.4. The van der Waals surface area contributed by atoms with Crippen LogP contribution in [0.4, 0.5) is 22.8 Å². The van der Waals surface area contributed by atoms with Crippen molar-refractivity contribution in [2.45, 2.75) is 166 Å². The Hall–Kier alpha value is -7.07. The second-order valence-corrected chi connectivity index (χ2v) is 24.1. The van der Waals surface area contributed by atoms with Crippen molar-refractivity contribution in [1.29, 1.82) is 0 Å². The topological polar surface area (TPSA) is 240 Å². The monoisotopic (exact) mass is 1180 g/mol. The Kier molecular flexibility index (Phi) is 21.2. The molecule has 4 amide bonds. The fourth-order valence-corrected chi connectivity index (χ4v) is 11.8. The molecular weight excluding hydrogens is 1100 g/mol. The number of likely N-dealkylation sites (tertiary alicyclic amines) is 2. The third-order valence-electron chi connectivity index (χ3n) is 17.0. The van der Waals surface area contributed by atoms with E-state index in [2.05, 4.69) is 42.7 Å². The molecule has 0 aliphatic carbocycles. The molecule has 4 aliphatic heterocycles. The van der Waals surface area contributed by atoms with Gasteiger partial charge in [-0.15, -0.1) is 0 Å². The van der Waals surface area contributed by atoms with Crippen molar-refractivity contribution < 1.29 is 70.4 Å². The summed E-state index contributed by atoms with van der Waals surface area (Å²) in [7, 11) is 0. The van der Waals surface area contributed by atoms with Crippen LogP contribution in [0, 0.1) is 32.6 Å². The third-order valence-corrected chi connectivity index (χ3v) is 17.0. The smallest absolute Gasteiger partial charge is 0.416 e. The highest BCUT2D eigenvalue weighted by Crippen LogP contribution is 2.47. The molecule has 0 aromatic heterocycles. The number of hydrogen-bond donors (Lipinski definition) is 4. The zero-order valence-electron chi connectivity index (χ0n) is 50.2. The van der Waals surface area contributed by atoms with Crippen LogP contribution in [0.15, 0.2) is 97.1 Å². The average Bonchev–Trinajstić information content (AvgIpc) is 1.92. The van der Waals surface area contributed by atoms with E-state index in [-0.39, 0.29) is 56.1 Å². The predicted octanol–water partition coefficient (Wildman–Crippen LogP) is 9.99. The Morgan fingerprint density at radius 2 is 0.918 bits per heavy atom. The zero-order valence-corrected chi connectivity index (χ0v) is 50.2. The van der Waals surface area contributed by atoms with Crippen molar-refractivity contribution in [3.8, 4) is 0 Å². The standard InChI is InChI=1S/C32H40F3N3O6.C32H43N3O6/c1-20(2)27(36)28(40)43-19-44-29(41)38-17-30(11-10-26(39)37-30)12-13-31(38,24-8-6-5-7-9-24)18-42-22(4)23-14-21(3)15-25(16-23)32(33,34)35;1-21(2)28(33)29(37)40-20-41-30(38)35-18-31(12-11-27(36)34-31)13-14-32(35,26-9-7-6-8-10-26)19-39-24(5)25-16-22(3)15-23(4)17-25/h5-9,14-16,20,22,27H,10-13,17-19,36H2,1-4H3,(H,37,39);6-10,15-17,21,24,28H,11-14,18-20,33H2,1-5H3,(H,34,36)/t22-,27+,30-,31-;24-,28-,31-,32-/m11/s1. The number of carbonyl (C=O) groups excluding carboxylic acids is 6. The number of carbonyl (C=O) groups is 6. The van der Waals surface area contributed by atoms with Crippen LogP contribution in [-0.2, 0) is 64.9 Å². The van der Waals surface area contributed by atoms with Crippen LogP contribution in [0.3, 0.4) is 0 Å². The van der Waals surface area contributed by atoms with E-state index < -0.39 is 89.8 Å². The van der Waals surface area contributed by atoms with Crippen molar-refractivity contribution in [3.63, 3.8) is 0 Å². The number of rotatable bonds is 18. The van der Waals surface area contributed by atoms with Gasteiger partial charge in [0, 0.05) is 25.9 Å². The summed E-state index contributed by atoms with van der Waals surface area (Å²) in [5, 5.41) is 6.14. The molecule has 462 valence electrons. The maximum absolute atomic E-state index is 13.8. The Morgan fingerprint density at radius 3 is 1.27 bits per heavy atom. The molecule has 0 unspecified atom stereocenters. The number of esters is 2. The molecule has 21 heteroatoms. The number of amides is 4. The van der Waals surface area contributed by atoms with Crippen LogP contribution in [0.2, 0.25) is 0 Å². The van der Waals surface area contributed by atoms with Crippen LogP contribution in [0.1, 0.15) is 150 Å². The first-order valence-electron chi connectivity index (χ1n) is 29.1. The third kappa shape index (κ3) is 15.9. The number of ether oxygens (including phenoxy) is 6. The summed E-state index contributed by atoms with van der Waals surface area (Å²) in [5.41, 5.74) is 13.5. The van der Waals surface area contributed by atoms with Crippen molar-refractivity contribution in [1.82, 2.24) is 20.4 Å². The number of alkyl halides is 3. The van der Waals surface area contributed by atoms with Gasteiger partial charge in [0.15, 0.2) is 0 Å². The molecule has 6 N–H and O–H groups in total. The van der Waals surface area contributed by atoms with Crippen molar-refractivity contribution >= 4 is 35.9 Å². The Balaban J connectivity index is 0.000000244. The molecule has 0 saturated carbocycles. The van der Waals surface area contributed by atoms with E-state index in [1.165, 1.54) is 4.90 Å². The van der Waals surface area contributed by atoms with Crippen LogP contribution in [-0.4, -0.2) is 109 Å². The van der Waals surface area contributed by atoms with Gasteiger partial charge in [0.25, 0.3) is 0 Å². The molecule has 8 rings (SSSR count). The van der Waals surface area contributed by atoms with Crippen LogP contribution >= 0.6 is 0 Å². The fourth-order valence-electron chi connectivity index (χ4n) is 11.8. The summed E-state index contributed by atoms with van der Waals surface area (Å²) in [4.78, 5) is 79.8. The van der Waals surface area contributed by atoms with E-state index in [0.29, 0.717) is 62.5 Å². The molecule has 0 bridgehead atoms. The van der Waals surface area contributed by atoms with E-state index >= 15 is 0 Å². The van der Waals surface area contributed by atoms with Gasteiger partial charge in [0.2, 0.25) is 25.4 Å². The molecule has 8 atom stereocenters. The van der Waals surface area contributed by atoms with Gasteiger partial charge >= 0.3 is 30.3 Å². The van der Waals surface area contributed by atoms with Crippen LogP contribution < -0.4 is 22.1 Å². The first-order chi connectivity index (χ1) is 40.1. The van der Waals surface area contributed by atoms with Gasteiger partial charge in [0.1, 0.15) is 12.1 Å². The SMILES string of the molecule is Cc1cc(C)cc([C@@H](C)OC[C@@]2(c3ccccc3)CC[C@]3(CCC(=O)N3)CN2C(=O)OCOC(=O)[C@H](N)C(C)C)c1.Cc1cc([C@@H](C)OC[C@@]2(c3ccccc3)CC[C@]3(CCC(=O)N3)CN2C(=O)OCOC(=O)[C@@H](N)C(C)C)cc(C(F)(F)F)c1. The highest BCUT2D eigenvalue weighted by molar-refractivity contribution is 5.81. The minimum Gasteiger partial charge on any atom is -0.427 e. The lowest BCUT2D eigenvalue weighted by atomic mass is 9.74. The molecule has 4 fully saturated rings. The van der Waals surface area contributed by atoms with Crippen molar-refractivity contribution in [2.75, 3.05) is 39.9 Å². The number of benzene rings is 4. The number of aryl methyl sites for hydroxylation is 3. The van der Waals surface area contributed by atoms with Gasteiger partial charge in [-0.25, -0.2) is 9.59 Å². The Morgan fingerprint density at radius 1 is 0.541 bits per heavy atom. The number of halogens is 3. The normalized spacial score (nSPS) is 23.6. The fraction of sp³-hybridized carbons (Fsp3) is 0.531. The van der Waals surface area contributed by atoms with Crippen molar-refractivity contribution in [2.24, 2.45) is 23.3 Å². The van der Waals surface area contributed by atoms with Gasteiger partial charge in [-0.3, -0.25) is 29.0 Å². The number of nitrogens with two attached hydrogens (primary N) is 2. The summed E-state index contributed by atoms with van der Waals surface area (Å²) >= 11 is 0. The molecular formula is C64H83F3N6O12. The minimum atomic E-state index is -4.52. The van der Waals surface area contributed by atoms with Gasteiger partial charge < -0.3 is 50.5 Å².